The smallest absolute Gasteiger partial charge is 0.357 e. The van der Waals surface area contributed by atoms with Crippen molar-refractivity contribution >= 4 is 0 Å². The first kappa shape index (κ1) is 18.8. The van der Waals surface area contributed by atoms with Crippen LogP contribution in [0.4, 0.5) is 13.2 Å². The minimum Gasteiger partial charge on any atom is -0.357 e. The number of hydrogen-bond donors (Lipinski definition) is 0. The maximum Gasteiger partial charge on any atom is 0.416 e. The third kappa shape index (κ3) is 3.98. The lowest BCUT2D eigenvalue weighted by molar-refractivity contribution is -0.137. The van der Waals surface area contributed by atoms with E-state index >= 15 is 0 Å². The van der Waals surface area contributed by atoms with Gasteiger partial charge in [-0.25, -0.2) is 0 Å². The Morgan fingerprint density at radius 1 is 1.07 bits per heavy atom. The number of aromatic nitrogens is 1. The molecule has 0 radical (unpaired) electrons. The summed E-state index contributed by atoms with van der Waals surface area (Å²) in [7, 11) is 0. The molecule has 3 aromatic rings. The van der Waals surface area contributed by atoms with Crippen molar-refractivity contribution in [3.63, 3.8) is 0 Å². The number of rotatable bonds is 4. The highest BCUT2D eigenvalue weighted by Crippen LogP contribution is 2.31. The Labute approximate surface area is 162 Å². The summed E-state index contributed by atoms with van der Waals surface area (Å²) >= 11 is 0. The second kappa shape index (κ2) is 7.45. The SMILES string of the molecule is Cc1cccc(CN2CCOC2c2ccn(-c3ccc(C(F)(F)F)cc3)c2)c1. The minimum atomic E-state index is -4.33. The zero-order valence-corrected chi connectivity index (χ0v) is 15.5. The summed E-state index contributed by atoms with van der Waals surface area (Å²) in [6.07, 6.45) is -0.711. The summed E-state index contributed by atoms with van der Waals surface area (Å²) in [5.74, 6) is 0. The van der Waals surface area contributed by atoms with Crippen molar-refractivity contribution in [2.24, 2.45) is 0 Å². The van der Waals surface area contributed by atoms with Crippen LogP contribution >= 0.6 is 0 Å². The fourth-order valence-corrected chi connectivity index (χ4v) is 3.56. The van der Waals surface area contributed by atoms with Gasteiger partial charge in [0, 0.05) is 36.7 Å². The number of ether oxygens (including phenoxy) is 1. The summed E-state index contributed by atoms with van der Waals surface area (Å²) in [5, 5.41) is 0. The first-order valence-corrected chi connectivity index (χ1v) is 9.17. The van der Waals surface area contributed by atoms with Crippen molar-refractivity contribution in [3.05, 3.63) is 89.2 Å². The lowest BCUT2D eigenvalue weighted by atomic mass is 10.1. The quantitative estimate of drug-likeness (QED) is 0.603. The monoisotopic (exact) mass is 386 g/mol. The Bertz CT molecular complexity index is 947. The van der Waals surface area contributed by atoms with Crippen molar-refractivity contribution < 1.29 is 17.9 Å². The second-order valence-electron chi connectivity index (χ2n) is 7.08. The molecule has 3 nitrogen and oxygen atoms in total. The normalized spacial score (nSPS) is 17.9. The molecule has 0 saturated carbocycles. The fraction of sp³-hybridized carbons (Fsp3) is 0.273. The Kier molecular flexibility index (Phi) is 5.00. The first-order chi connectivity index (χ1) is 13.4. The van der Waals surface area contributed by atoms with Crippen molar-refractivity contribution in [2.75, 3.05) is 13.2 Å². The number of aryl methyl sites for hydroxylation is 1. The molecule has 1 fully saturated rings. The second-order valence-corrected chi connectivity index (χ2v) is 7.08. The predicted molar refractivity (Wildman–Crippen MR) is 101 cm³/mol. The average molecular weight is 386 g/mol. The van der Waals surface area contributed by atoms with Gasteiger partial charge in [-0.15, -0.1) is 0 Å². The number of nitrogens with zero attached hydrogens (tertiary/aromatic N) is 2. The van der Waals surface area contributed by atoms with Gasteiger partial charge < -0.3 is 9.30 Å². The maximum absolute atomic E-state index is 12.7. The number of halogens is 3. The maximum atomic E-state index is 12.7. The molecule has 1 saturated heterocycles. The van der Waals surface area contributed by atoms with E-state index in [0.29, 0.717) is 12.3 Å². The zero-order chi connectivity index (χ0) is 19.7. The number of hydrogen-bond acceptors (Lipinski definition) is 2. The van der Waals surface area contributed by atoms with E-state index in [2.05, 4.69) is 36.1 Å². The molecule has 4 rings (SSSR count). The van der Waals surface area contributed by atoms with E-state index in [4.69, 9.17) is 4.74 Å². The van der Waals surface area contributed by atoms with Gasteiger partial charge in [-0.3, -0.25) is 4.90 Å². The standard InChI is InChI=1S/C22H21F3N2O/c1-16-3-2-4-17(13-16)14-27-11-12-28-21(27)18-9-10-26(15-18)20-7-5-19(6-8-20)22(23,24)25/h2-10,13,15,21H,11-12,14H2,1H3. The molecule has 2 heterocycles. The van der Waals surface area contributed by atoms with E-state index < -0.39 is 11.7 Å². The van der Waals surface area contributed by atoms with E-state index in [1.807, 2.05) is 23.0 Å². The molecule has 0 N–H and O–H groups in total. The fourth-order valence-electron chi connectivity index (χ4n) is 3.56. The van der Waals surface area contributed by atoms with Crippen molar-refractivity contribution in [1.29, 1.82) is 0 Å². The highest BCUT2D eigenvalue weighted by molar-refractivity contribution is 5.37. The topological polar surface area (TPSA) is 17.4 Å². The van der Waals surface area contributed by atoms with Crippen molar-refractivity contribution in [3.8, 4) is 5.69 Å². The van der Waals surface area contributed by atoms with Crippen LogP contribution in [0.1, 0.15) is 28.5 Å². The van der Waals surface area contributed by atoms with Crippen molar-refractivity contribution in [2.45, 2.75) is 25.9 Å². The lowest BCUT2D eigenvalue weighted by Crippen LogP contribution is -2.23. The van der Waals surface area contributed by atoms with Crippen molar-refractivity contribution in [1.82, 2.24) is 9.47 Å². The van der Waals surface area contributed by atoms with Crippen LogP contribution in [0, 0.1) is 6.92 Å². The molecule has 0 spiro atoms. The molecular formula is C22H21F3N2O. The van der Waals surface area contributed by atoms with E-state index in [1.165, 1.54) is 23.3 Å². The summed E-state index contributed by atoms with van der Waals surface area (Å²) in [6.45, 7) is 4.36. The van der Waals surface area contributed by atoms with Crippen LogP contribution in [-0.2, 0) is 17.5 Å². The number of benzene rings is 2. The van der Waals surface area contributed by atoms with Crippen LogP contribution < -0.4 is 0 Å². The Hall–Kier alpha value is -2.57. The molecule has 0 amide bonds. The highest BCUT2D eigenvalue weighted by atomic mass is 19.4. The largest absolute Gasteiger partial charge is 0.416 e. The average Bonchev–Trinajstić information content (AvgIpc) is 3.30. The highest BCUT2D eigenvalue weighted by Gasteiger charge is 2.30. The van der Waals surface area contributed by atoms with Crippen LogP contribution in [0.5, 0.6) is 0 Å². The summed E-state index contributed by atoms with van der Waals surface area (Å²) in [5.41, 5.74) is 3.49. The van der Waals surface area contributed by atoms with Gasteiger partial charge in [-0.1, -0.05) is 29.8 Å². The molecule has 1 unspecified atom stereocenters. The molecule has 2 aromatic carbocycles. The van der Waals surface area contributed by atoms with Gasteiger partial charge in [0.15, 0.2) is 0 Å². The van der Waals surface area contributed by atoms with Gasteiger partial charge in [-0.05, 0) is 42.8 Å². The Balaban J connectivity index is 1.51. The third-order valence-electron chi connectivity index (χ3n) is 4.95. The van der Waals surface area contributed by atoms with Gasteiger partial charge in [-0.2, -0.15) is 13.2 Å². The molecule has 6 heteroatoms. The lowest BCUT2D eigenvalue weighted by Gasteiger charge is -2.22. The van der Waals surface area contributed by atoms with E-state index in [-0.39, 0.29) is 6.23 Å². The van der Waals surface area contributed by atoms with Gasteiger partial charge >= 0.3 is 6.18 Å². The van der Waals surface area contributed by atoms with Crippen LogP contribution in [-0.4, -0.2) is 22.6 Å². The summed E-state index contributed by atoms with van der Waals surface area (Å²) in [6, 6.07) is 15.5. The molecule has 0 aliphatic carbocycles. The van der Waals surface area contributed by atoms with E-state index in [9.17, 15) is 13.2 Å². The van der Waals surface area contributed by atoms with Crippen LogP contribution in [0.2, 0.25) is 0 Å². The minimum absolute atomic E-state index is 0.156. The molecule has 1 aliphatic heterocycles. The van der Waals surface area contributed by atoms with Crippen LogP contribution in [0.15, 0.2) is 67.0 Å². The molecule has 28 heavy (non-hydrogen) atoms. The molecule has 1 aromatic heterocycles. The van der Waals surface area contributed by atoms with Gasteiger partial charge in [0.1, 0.15) is 6.23 Å². The third-order valence-corrected chi connectivity index (χ3v) is 4.95. The zero-order valence-electron chi connectivity index (χ0n) is 15.5. The molecule has 0 bridgehead atoms. The predicted octanol–water partition coefficient (Wildman–Crippen LogP) is 5.34. The Morgan fingerprint density at radius 2 is 1.86 bits per heavy atom. The first-order valence-electron chi connectivity index (χ1n) is 9.17. The van der Waals surface area contributed by atoms with E-state index in [1.54, 1.807) is 0 Å². The molecule has 1 aliphatic rings. The molecule has 146 valence electrons. The van der Waals surface area contributed by atoms with Gasteiger partial charge in [0.25, 0.3) is 0 Å². The molecule has 1 atom stereocenters. The van der Waals surface area contributed by atoms with Crippen LogP contribution in [0.25, 0.3) is 5.69 Å². The molecular weight excluding hydrogens is 365 g/mol. The van der Waals surface area contributed by atoms with Gasteiger partial charge in [0.2, 0.25) is 0 Å². The van der Waals surface area contributed by atoms with Gasteiger partial charge in [0.05, 0.1) is 12.2 Å². The Morgan fingerprint density at radius 3 is 2.57 bits per heavy atom. The number of alkyl halides is 3. The van der Waals surface area contributed by atoms with E-state index in [0.717, 1.165) is 30.8 Å². The summed E-state index contributed by atoms with van der Waals surface area (Å²) in [4.78, 5) is 2.27. The van der Waals surface area contributed by atoms with Crippen LogP contribution in [0.3, 0.4) is 0 Å². The summed E-state index contributed by atoms with van der Waals surface area (Å²) < 4.78 is 46.0.